The Labute approximate surface area is 94.2 Å². The molecule has 0 radical (unpaired) electrons. The zero-order valence-corrected chi connectivity index (χ0v) is 11.3. The summed E-state index contributed by atoms with van der Waals surface area (Å²) in [4.78, 5) is 11.3. The first-order valence-corrected chi connectivity index (χ1v) is 8.20. The summed E-state index contributed by atoms with van der Waals surface area (Å²) >= 11 is 6.35. The Bertz CT molecular complexity index is 264. The van der Waals surface area contributed by atoms with Crippen LogP contribution in [0.5, 0.6) is 0 Å². The number of allylic oxidation sites excluding steroid dienone is 2. The number of carbonyl (C=O) groups excluding carboxylic acids is 1. The number of carbonyl (C=O) groups is 1. The molecule has 0 saturated heterocycles. The number of hydrogen-bond donors (Lipinski definition) is 0. The van der Waals surface area contributed by atoms with Gasteiger partial charge < -0.3 is 9.05 Å². The minimum Gasteiger partial charge on any atom is -0.325 e. The van der Waals surface area contributed by atoms with Gasteiger partial charge in [-0.1, -0.05) is 17.0 Å². The summed E-state index contributed by atoms with van der Waals surface area (Å²) in [7, 11) is 3.01. The topological polar surface area (TPSA) is 35.5 Å². The summed E-state index contributed by atoms with van der Waals surface area (Å²) in [6.45, 7) is 3.76. The van der Waals surface area contributed by atoms with Crippen molar-refractivity contribution in [1.82, 2.24) is 0 Å². The third-order valence-corrected chi connectivity index (χ3v) is 6.96. The predicted molar refractivity (Wildman–Crippen MR) is 65.2 cm³/mol. The average molecular weight is 254 g/mol. The molecule has 82 valence electrons. The van der Waals surface area contributed by atoms with Crippen molar-refractivity contribution < 1.29 is 13.8 Å². The van der Waals surface area contributed by atoms with E-state index in [1.807, 2.05) is 13.8 Å². The lowest BCUT2D eigenvalue weighted by Crippen LogP contribution is -1.98. The van der Waals surface area contributed by atoms with Gasteiger partial charge in [-0.05, 0) is 31.7 Å². The maximum atomic E-state index is 11.3. The highest BCUT2D eigenvalue weighted by Gasteiger charge is 2.17. The normalized spacial score (nSPS) is 11.1. The lowest BCUT2D eigenvalue weighted by molar-refractivity contribution is -0.112. The molecule has 0 unspecified atom stereocenters. The van der Waals surface area contributed by atoms with Crippen LogP contribution in [0.4, 0.5) is 0 Å². The molecule has 0 aromatic carbocycles. The van der Waals surface area contributed by atoms with Crippen molar-refractivity contribution in [1.29, 1.82) is 0 Å². The molecule has 0 aliphatic heterocycles. The van der Waals surface area contributed by atoms with Gasteiger partial charge in [0.2, 0.25) is 5.69 Å². The summed E-state index contributed by atoms with van der Waals surface area (Å²) in [5.74, 6) is 0.350. The first kappa shape index (κ1) is 14.3. The van der Waals surface area contributed by atoms with Crippen LogP contribution in [-0.4, -0.2) is 25.8 Å². The van der Waals surface area contributed by atoms with E-state index >= 15 is 0 Å². The van der Waals surface area contributed by atoms with Crippen molar-refractivity contribution in [2.24, 2.45) is 0 Å². The van der Waals surface area contributed by atoms with Gasteiger partial charge in [0.1, 0.15) is 0 Å². The highest BCUT2D eigenvalue weighted by atomic mass is 32.9. The van der Waals surface area contributed by atoms with Crippen molar-refractivity contribution in [3.63, 3.8) is 0 Å². The Hall–Kier alpha value is 0.330. The molecule has 3 nitrogen and oxygen atoms in total. The Balaban J connectivity index is 4.12. The van der Waals surface area contributed by atoms with Crippen molar-refractivity contribution in [2.45, 2.75) is 13.8 Å². The van der Waals surface area contributed by atoms with Crippen LogP contribution in [0, 0.1) is 0 Å². The Morgan fingerprint density at radius 2 is 1.93 bits per heavy atom. The molecule has 14 heavy (non-hydrogen) atoms. The minimum absolute atomic E-state index is 0.0401. The van der Waals surface area contributed by atoms with Crippen LogP contribution < -0.4 is 0 Å². The molecule has 0 bridgehead atoms. The Kier molecular flexibility index (Phi) is 6.91. The summed E-state index contributed by atoms with van der Waals surface area (Å²) in [6, 6.07) is 0. The predicted octanol–water partition coefficient (Wildman–Crippen LogP) is 2.77. The van der Waals surface area contributed by atoms with Gasteiger partial charge in [0.05, 0.1) is 5.75 Å². The molecule has 0 spiro atoms. The van der Waals surface area contributed by atoms with Gasteiger partial charge in [-0.3, -0.25) is 4.79 Å². The molecule has 0 N–H and O–H groups in total. The Morgan fingerprint density at radius 3 is 2.29 bits per heavy atom. The number of rotatable bonds is 6. The van der Waals surface area contributed by atoms with E-state index in [-0.39, 0.29) is 5.78 Å². The van der Waals surface area contributed by atoms with Gasteiger partial charge in [0, 0.05) is 14.2 Å². The van der Waals surface area contributed by atoms with Crippen LogP contribution in [0.3, 0.4) is 0 Å². The fraction of sp³-hybridized carbons (Fsp3) is 0.625. The monoisotopic (exact) mass is 254 g/mol. The quantitative estimate of drug-likeness (QED) is 0.538. The second-order valence-corrected chi connectivity index (χ2v) is 9.30. The van der Waals surface area contributed by atoms with E-state index in [2.05, 4.69) is 0 Å². The second-order valence-electron chi connectivity index (χ2n) is 2.77. The lowest BCUT2D eigenvalue weighted by atomic mass is 10.3. The number of hydrogen-bond acceptors (Lipinski definition) is 5. The lowest BCUT2D eigenvalue weighted by Gasteiger charge is -2.15. The van der Waals surface area contributed by atoms with Crippen molar-refractivity contribution in [3.05, 3.63) is 11.6 Å². The van der Waals surface area contributed by atoms with Gasteiger partial charge in [-0.15, -0.1) is 0 Å². The van der Waals surface area contributed by atoms with Gasteiger partial charge >= 0.3 is 0 Å². The molecular weight excluding hydrogens is 239 g/mol. The Morgan fingerprint density at radius 1 is 1.43 bits per heavy atom. The summed E-state index contributed by atoms with van der Waals surface area (Å²) < 4.78 is 10.1. The van der Waals surface area contributed by atoms with E-state index in [0.717, 1.165) is 5.57 Å². The van der Waals surface area contributed by atoms with Crippen LogP contribution in [0.25, 0.3) is 0 Å². The van der Waals surface area contributed by atoms with E-state index in [0.29, 0.717) is 5.75 Å². The molecular formula is C8H15O3PS2. The standard InChI is InChI=1S/C8H15O3PS2/c1-7(2)5-8(9)6-14-12(13,10-3)11-4/h5H,6H2,1-4H3. The fourth-order valence-corrected chi connectivity index (χ4v) is 3.38. The van der Waals surface area contributed by atoms with E-state index in [1.165, 1.54) is 25.6 Å². The summed E-state index contributed by atoms with van der Waals surface area (Å²) in [6.07, 6.45) is 1.60. The minimum atomic E-state index is -2.28. The first-order valence-electron chi connectivity index (χ1n) is 3.97. The smallest absolute Gasteiger partial charge is 0.247 e. The van der Waals surface area contributed by atoms with Gasteiger partial charge in [-0.25, -0.2) is 0 Å². The van der Waals surface area contributed by atoms with Crippen molar-refractivity contribution >= 4 is 34.7 Å². The molecule has 6 heteroatoms. The highest BCUT2D eigenvalue weighted by molar-refractivity contribution is 8.68. The fourth-order valence-electron chi connectivity index (χ4n) is 0.686. The third-order valence-electron chi connectivity index (χ3n) is 1.26. The molecule has 0 aromatic heterocycles. The molecule has 0 rings (SSSR count). The van der Waals surface area contributed by atoms with E-state index < -0.39 is 5.69 Å². The molecule has 0 aromatic rings. The average Bonchev–Trinajstić information content (AvgIpc) is 2.13. The van der Waals surface area contributed by atoms with E-state index in [9.17, 15) is 4.79 Å². The van der Waals surface area contributed by atoms with Crippen LogP contribution in [0.2, 0.25) is 0 Å². The zero-order valence-electron chi connectivity index (χ0n) is 8.77. The zero-order chi connectivity index (χ0) is 11.2. The SMILES string of the molecule is COP(=S)(OC)SCC(=O)C=C(C)C. The van der Waals surface area contributed by atoms with Crippen LogP contribution in [0.1, 0.15) is 13.8 Å². The maximum Gasteiger partial charge on any atom is 0.247 e. The molecule has 0 saturated carbocycles. The van der Waals surface area contributed by atoms with E-state index in [4.69, 9.17) is 20.9 Å². The van der Waals surface area contributed by atoms with Gasteiger partial charge in [0.15, 0.2) is 5.78 Å². The largest absolute Gasteiger partial charge is 0.325 e. The van der Waals surface area contributed by atoms with Crippen LogP contribution >= 0.6 is 17.1 Å². The molecule has 0 fully saturated rings. The third kappa shape index (κ3) is 5.94. The summed E-state index contributed by atoms with van der Waals surface area (Å²) in [5.41, 5.74) is -1.29. The van der Waals surface area contributed by atoms with Crippen molar-refractivity contribution in [2.75, 3.05) is 20.0 Å². The molecule has 0 aliphatic carbocycles. The second kappa shape index (κ2) is 6.75. The maximum absolute atomic E-state index is 11.3. The van der Waals surface area contributed by atoms with Crippen LogP contribution in [-0.2, 0) is 25.6 Å². The van der Waals surface area contributed by atoms with Gasteiger partial charge in [0.25, 0.3) is 0 Å². The molecule has 0 heterocycles. The van der Waals surface area contributed by atoms with Crippen molar-refractivity contribution in [3.8, 4) is 0 Å². The molecule has 0 atom stereocenters. The molecule has 0 aliphatic rings. The first-order chi connectivity index (χ1) is 6.43. The van der Waals surface area contributed by atoms with Gasteiger partial charge in [-0.2, -0.15) is 0 Å². The number of ketones is 1. The van der Waals surface area contributed by atoms with E-state index in [1.54, 1.807) is 6.08 Å². The van der Waals surface area contributed by atoms with Crippen LogP contribution in [0.15, 0.2) is 11.6 Å². The molecule has 0 amide bonds. The highest BCUT2D eigenvalue weighted by Crippen LogP contribution is 2.59. The summed E-state index contributed by atoms with van der Waals surface area (Å²) in [5, 5.41) is 0.